The van der Waals surface area contributed by atoms with Crippen molar-refractivity contribution in [3.63, 3.8) is 0 Å². The second-order valence-corrected chi connectivity index (χ2v) is 4.07. The molecule has 2 N–H and O–H groups in total. The van der Waals surface area contributed by atoms with Gasteiger partial charge in [0.2, 0.25) is 0 Å². The van der Waals surface area contributed by atoms with Gasteiger partial charge in [-0.3, -0.25) is 14.6 Å². The van der Waals surface area contributed by atoms with Gasteiger partial charge in [0, 0.05) is 12.4 Å². The fourth-order valence-corrected chi connectivity index (χ4v) is 1.34. The average molecular weight is 299 g/mol. The summed E-state index contributed by atoms with van der Waals surface area (Å²) in [7, 11) is 0. The molecule has 0 aliphatic carbocycles. The van der Waals surface area contributed by atoms with E-state index in [2.05, 4.69) is 30.2 Å². The number of carbonyl (C=O) groups is 2. The number of aromatic nitrogens is 1. The summed E-state index contributed by atoms with van der Waals surface area (Å²) in [4.78, 5) is 25.1. The summed E-state index contributed by atoms with van der Waals surface area (Å²) < 4.78 is 0. The molecule has 2 atom stereocenters. The monoisotopic (exact) mass is 299 g/mol. The molecule has 0 aromatic carbocycles. The van der Waals surface area contributed by atoms with Gasteiger partial charge in [-0.2, -0.15) is 25.3 Å². The van der Waals surface area contributed by atoms with Crippen molar-refractivity contribution in [2.45, 2.75) is 10.5 Å². The van der Waals surface area contributed by atoms with E-state index >= 15 is 0 Å². The Morgan fingerprint density at radius 1 is 1.12 bits per heavy atom. The van der Waals surface area contributed by atoms with E-state index in [0.29, 0.717) is 11.1 Å². The number of aliphatic carboxylic acids is 2. The van der Waals surface area contributed by atoms with Crippen LogP contribution in [0.3, 0.4) is 0 Å². The van der Waals surface area contributed by atoms with Gasteiger partial charge in [-0.05, 0) is 17.2 Å². The first-order chi connectivity index (χ1) is 7.43. The van der Waals surface area contributed by atoms with E-state index in [1.165, 1.54) is 18.5 Å². The van der Waals surface area contributed by atoms with Crippen molar-refractivity contribution >= 4 is 37.2 Å². The average Bonchev–Trinajstić information content (AvgIpc) is 2.26. The second-order valence-electron chi connectivity index (χ2n) is 3.03. The number of thiol groups is 2. The Hall–Kier alpha value is 0.426. The van der Waals surface area contributed by atoms with Crippen LogP contribution in [0.4, 0.5) is 0 Å². The molecule has 8 heteroatoms. The summed E-state index contributed by atoms with van der Waals surface area (Å²) in [6.45, 7) is 0. The number of carboxylic acids is 2. The Labute approximate surface area is 153 Å². The Morgan fingerprint density at radius 3 is 1.76 bits per heavy atom. The number of hydrogen-bond acceptors (Lipinski definition) is 5. The van der Waals surface area contributed by atoms with Gasteiger partial charge in [0.1, 0.15) is 10.5 Å². The molecular formula is C9H10KNO4S2. The van der Waals surface area contributed by atoms with Gasteiger partial charge in [-0.1, -0.05) is 0 Å². The van der Waals surface area contributed by atoms with E-state index in [9.17, 15) is 9.59 Å². The summed E-state index contributed by atoms with van der Waals surface area (Å²) in [5.74, 6) is -2.23. The van der Waals surface area contributed by atoms with Gasteiger partial charge >= 0.3 is 63.3 Å². The van der Waals surface area contributed by atoms with E-state index in [0.717, 1.165) is 0 Å². The van der Waals surface area contributed by atoms with E-state index < -0.39 is 22.4 Å². The molecule has 0 fully saturated rings. The van der Waals surface area contributed by atoms with Crippen LogP contribution in [0.25, 0.3) is 0 Å². The number of rotatable bonds is 4. The smallest absolute Gasteiger partial charge is 1.00 e. The summed E-state index contributed by atoms with van der Waals surface area (Å²) in [5.41, 5.74) is 0.655. The molecule has 1 rings (SSSR count). The van der Waals surface area contributed by atoms with Gasteiger partial charge < -0.3 is 11.6 Å². The summed E-state index contributed by atoms with van der Waals surface area (Å²) >= 11 is 7.74. The van der Waals surface area contributed by atoms with Crippen molar-refractivity contribution in [2.75, 3.05) is 0 Å². The van der Waals surface area contributed by atoms with Crippen molar-refractivity contribution in [3.05, 3.63) is 29.6 Å². The maximum absolute atomic E-state index is 10.7. The molecule has 1 aromatic rings. The first-order valence-electron chi connectivity index (χ1n) is 4.20. The molecule has 88 valence electrons. The minimum atomic E-state index is -1.12. The third-order valence-electron chi connectivity index (χ3n) is 1.88. The van der Waals surface area contributed by atoms with Crippen LogP contribution in [0.15, 0.2) is 18.5 Å². The maximum Gasteiger partial charge on any atom is 1.00 e. The zero-order chi connectivity index (χ0) is 12.3. The summed E-state index contributed by atoms with van der Waals surface area (Å²) in [5, 5.41) is 15.4. The largest absolute Gasteiger partial charge is 1.00 e. The van der Waals surface area contributed by atoms with E-state index in [1.54, 1.807) is 0 Å². The number of hydrogen-bond donors (Lipinski definition) is 4. The standard InChI is InChI=1S/C9H9NO4S2.K.H/c11-8(12)6(15)4-1-5(3-10-2-4)7(16)9(13)14;;/h1-3,6-7,15-16H,(H,11,12)(H,13,14);;/q;+1;-1. The Balaban J connectivity index is 0. The van der Waals surface area contributed by atoms with Crippen molar-refractivity contribution in [2.24, 2.45) is 0 Å². The molecule has 5 nitrogen and oxygen atoms in total. The molecule has 0 aliphatic rings. The molecule has 0 radical (unpaired) electrons. The molecule has 1 aromatic heterocycles. The van der Waals surface area contributed by atoms with Crippen molar-refractivity contribution < 1.29 is 72.6 Å². The molecule has 0 saturated heterocycles. The Morgan fingerprint density at radius 2 is 1.47 bits per heavy atom. The molecule has 1 heterocycles. The number of carboxylic acid groups (broad SMARTS) is 2. The second kappa shape index (κ2) is 7.77. The van der Waals surface area contributed by atoms with Crippen LogP contribution in [0.5, 0.6) is 0 Å². The number of nitrogens with zero attached hydrogens (tertiary/aromatic N) is 1. The van der Waals surface area contributed by atoms with Gasteiger partial charge in [-0.25, -0.2) is 0 Å². The fourth-order valence-electron chi connectivity index (χ4n) is 1.06. The first-order valence-corrected chi connectivity index (χ1v) is 5.23. The van der Waals surface area contributed by atoms with Crippen LogP contribution in [0.1, 0.15) is 23.1 Å². The van der Waals surface area contributed by atoms with Gasteiger partial charge in [0.15, 0.2) is 0 Å². The van der Waals surface area contributed by atoms with Crippen molar-refractivity contribution in [1.29, 1.82) is 0 Å². The maximum atomic E-state index is 10.7. The van der Waals surface area contributed by atoms with Crippen molar-refractivity contribution in [3.8, 4) is 0 Å². The third kappa shape index (κ3) is 4.90. The number of pyridine rings is 1. The third-order valence-corrected chi connectivity index (χ3v) is 2.92. The van der Waals surface area contributed by atoms with Crippen LogP contribution in [0, 0.1) is 0 Å². The summed E-state index contributed by atoms with van der Waals surface area (Å²) in [6.07, 6.45) is 2.66. The van der Waals surface area contributed by atoms with Gasteiger partial charge in [0.05, 0.1) is 0 Å². The minimum Gasteiger partial charge on any atom is -1.00 e. The quantitative estimate of drug-likeness (QED) is 0.394. The SMILES string of the molecule is O=C(O)C(S)c1cncc(C(S)C(=O)O)c1.[H-].[K+]. The molecular weight excluding hydrogens is 289 g/mol. The normalized spacial score (nSPS) is 13.3. The minimum absolute atomic E-state index is 0. The van der Waals surface area contributed by atoms with Crippen molar-refractivity contribution in [1.82, 2.24) is 4.98 Å². The Bertz CT molecular complexity index is 400. The van der Waals surface area contributed by atoms with E-state index in [-0.39, 0.29) is 52.8 Å². The Kier molecular flexibility index (Phi) is 7.97. The first kappa shape index (κ1) is 17.4. The van der Waals surface area contributed by atoms with Gasteiger partial charge in [-0.15, -0.1) is 0 Å². The van der Waals surface area contributed by atoms with Crippen LogP contribution >= 0.6 is 25.3 Å². The molecule has 0 spiro atoms. The van der Waals surface area contributed by atoms with Crippen LogP contribution in [-0.4, -0.2) is 27.1 Å². The predicted molar refractivity (Wildman–Crippen MR) is 64.1 cm³/mol. The molecule has 0 saturated carbocycles. The molecule has 0 aliphatic heterocycles. The van der Waals surface area contributed by atoms with Crippen LogP contribution in [-0.2, 0) is 9.59 Å². The molecule has 0 amide bonds. The molecule has 0 bridgehead atoms. The van der Waals surface area contributed by atoms with Crippen LogP contribution in [0.2, 0.25) is 0 Å². The molecule has 2 unspecified atom stereocenters. The zero-order valence-corrected chi connectivity index (χ0v) is 13.9. The zero-order valence-electron chi connectivity index (χ0n) is 9.94. The fraction of sp³-hybridized carbons (Fsp3) is 0.222. The van der Waals surface area contributed by atoms with Crippen LogP contribution < -0.4 is 51.4 Å². The molecule has 17 heavy (non-hydrogen) atoms. The van der Waals surface area contributed by atoms with Gasteiger partial charge in [0.25, 0.3) is 0 Å². The predicted octanol–water partition coefficient (Wildman–Crippen LogP) is -1.69. The van der Waals surface area contributed by atoms with E-state index in [4.69, 9.17) is 10.2 Å². The summed E-state index contributed by atoms with van der Waals surface area (Å²) in [6, 6.07) is 1.42. The van der Waals surface area contributed by atoms with E-state index in [1.807, 2.05) is 0 Å². The topological polar surface area (TPSA) is 87.5 Å².